The predicted molar refractivity (Wildman–Crippen MR) is 169 cm³/mol. The summed E-state index contributed by atoms with van der Waals surface area (Å²) in [4.78, 5) is 49.3. The molecule has 258 valence electrons. The summed E-state index contributed by atoms with van der Waals surface area (Å²) in [5.41, 5.74) is -5.13. The number of aliphatic hydroxyl groups is 1. The predicted octanol–water partition coefficient (Wildman–Crippen LogP) is 5.97. The normalized spacial score (nSPS) is 16.8. The largest absolute Gasteiger partial charge is 0.438 e. The summed E-state index contributed by atoms with van der Waals surface area (Å²) in [6, 6.07) is 9.83. The second-order valence-electron chi connectivity index (χ2n) is 12.8. The first-order valence-electron chi connectivity index (χ1n) is 14.2. The number of carbonyl (C=O) groups excluding carboxylic acids is 3. The zero-order chi connectivity index (χ0) is 35.5. The molecule has 0 spiro atoms. The smallest absolute Gasteiger partial charge is 0.404 e. The molecule has 1 aliphatic rings. The van der Waals surface area contributed by atoms with Crippen LogP contribution in [0.4, 0.5) is 8.78 Å². The van der Waals surface area contributed by atoms with E-state index in [1.54, 1.807) is 51.1 Å². The second-order valence-corrected chi connectivity index (χ2v) is 15.5. The van der Waals surface area contributed by atoms with Crippen molar-refractivity contribution in [2.24, 2.45) is 10.8 Å². The zero-order valence-electron chi connectivity index (χ0n) is 27.0. The third-order valence-electron chi connectivity index (χ3n) is 6.78. The van der Waals surface area contributed by atoms with Crippen molar-refractivity contribution < 1.29 is 56.5 Å². The molecule has 2 aromatic carbocycles. The molecule has 12 nitrogen and oxygen atoms in total. The Morgan fingerprint density at radius 3 is 2.00 bits per heavy atom. The van der Waals surface area contributed by atoms with E-state index in [1.807, 2.05) is 0 Å². The number of alkyl halides is 2. The Morgan fingerprint density at radius 1 is 0.915 bits per heavy atom. The lowest BCUT2D eigenvalue weighted by atomic mass is 9.97. The van der Waals surface area contributed by atoms with E-state index < -0.39 is 67.5 Å². The number of esters is 3. The number of aliphatic hydroxyl groups excluding tert-OH is 1. The Morgan fingerprint density at radius 2 is 1.47 bits per heavy atom. The minimum Gasteiger partial charge on any atom is -0.438 e. The molecule has 1 heterocycles. The second kappa shape index (κ2) is 14.4. The third kappa shape index (κ3) is 9.17. The van der Waals surface area contributed by atoms with Crippen molar-refractivity contribution >= 4 is 47.1 Å². The summed E-state index contributed by atoms with van der Waals surface area (Å²) < 4.78 is 61.8. The SMILES string of the molecule is CN1C=C(c2ccc(C(=O)OCOC(=O)C(C)(C)C)cc2)N(Cc2ccc(C(F)(F)P(=O)(O)OCOC(=O)C(C)(C)C)c(Br)c2)C1O. The Bertz CT molecular complexity index is 1570. The van der Waals surface area contributed by atoms with Crippen molar-refractivity contribution in [2.45, 2.75) is 60.1 Å². The fraction of sp³-hybridized carbons (Fsp3) is 0.452. The molecule has 2 unspecified atom stereocenters. The van der Waals surface area contributed by atoms with Crippen molar-refractivity contribution in [1.29, 1.82) is 0 Å². The topological polar surface area (TPSA) is 152 Å². The molecule has 2 N–H and O–H groups in total. The average Bonchev–Trinajstić information content (AvgIpc) is 3.24. The Hall–Kier alpha value is -3.36. The van der Waals surface area contributed by atoms with Gasteiger partial charge in [-0.05, 0) is 70.9 Å². The monoisotopic (exact) mass is 746 g/mol. The highest BCUT2D eigenvalue weighted by atomic mass is 79.9. The van der Waals surface area contributed by atoms with Crippen LogP contribution >= 0.6 is 23.5 Å². The molecule has 2 aromatic rings. The van der Waals surface area contributed by atoms with Crippen molar-refractivity contribution in [3.8, 4) is 0 Å². The van der Waals surface area contributed by atoms with E-state index >= 15 is 8.78 Å². The molecule has 0 aromatic heterocycles. The van der Waals surface area contributed by atoms with Gasteiger partial charge in [-0.15, -0.1) is 0 Å². The third-order valence-corrected chi connectivity index (χ3v) is 8.84. The van der Waals surface area contributed by atoms with Crippen LogP contribution in [0.15, 0.2) is 53.1 Å². The molecule has 0 radical (unpaired) electrons. The molecule has 0 bridgehead atoms. The highest BCUT2D eigenvalue weighted by Gasteiger charge is 2.54. The summed E-state index contributed by atoms with van der Waals surface area (Å²) >= 11 is 3.06. The van der Waals surface area contributed by atoms with E-state index in [4.69, 9.17) is 14.2 Å². The molecule has 0 saturated carbocycles. The first kappa shape index (κ1) is 38.1. The number of benzene rings is 2. The maximum absolute atomic E-state index is 15.2. The van der Waals surface area contributed by atoms with E-state index in [0.717, 1.165) is 6.07 Å². The fourth-order valence-electron chi connectivity index (χ4n) is 4.00. The van der Waals surface area contributed by atoms with Crippen molar-refractivity contribution in [3.63, 3.8) is 0 Å². The molecule has 0 fully saturated rings. The van der Waals surface area contributed by atoms with Crippen LogP contribution in [0.1, 0.15) is 68.6 Å². The molecule has 0 saturated heterocycles. The van der Waals surface area contributed by atoms with Crippen molar-refractivity contribution in [3.05, 3.63) is 75.4 Å². The minimum absolute atomic E-state index is 0.0285. The highest BCUT2D eigenvalue weighted by molar-refractivity contribution is 9.10. The van der Waals surface area contributed by atoms with Crippen LogP contribution in [0.3, 0.4) is 0 Å². The van der Waals surface area contributed by atoms with Gasteiger partial charge in [0.05, 0.1) is 22.1 Å². The maximum Gasteiger partial charge on any atom is 0.404 e. The van der Waals surface area contributed by atoms with E-state index in [0.29, 0.717) is 16.8 Å². The minimum atomic E-state index is -5.66. The van der Waals surface area contributed by atoms with E-state index in [9.17, 15) is 28.9 Å². The Kier molecular flexibility index (Phi) is 11.7. The lowest BCUT2D eigenvalue weighted by Gasteiger charge is -2.29. The summed E-state index contributed by atoms with van der Waals surface area (Å²) in [6.07, 6.45) is 0.529. The quantitative estimate of drug-likeness (QED) is 0.158. The van der Waals surface area contributed by atoms with Crippen LogP contribution in [0.25, 0.3) is 5.70 Å². The summed E-state index contributed by atoms with van der Waals surface area (Å²) in [6.45, 7) is 7.91. The van der Waals surface area contributed by atoms with Crippen molar-refractivity contribution in [2.75, 3.05) is 20.6 Å². The van der Waals surface area contributed by atoms with Gasteiger partial charge < -0.3 is 34.0 Å². The molecule has 2 atom stereocenters. The number of nitrogens with zero attached hydrogens (tertiary/aromatic N) is 2. The molecule has 0 aliphatic carbocycles. The molecular formula is C31H38BrF2N2O10P. The summed E-state index contributed by atoms with van der Waals surface area (Å²) in [7, 11) is -4.02. The van der Waals surface area contributed by atoms with Crippen LogP contribution in [-0.2, 0) is 45.1 Å². The van der Waals surface area contributed by atoms with Gasteiger partial charge in [-0.3, -0.25) is 18.7 Å². The lowest BCUT2D eigenvalue weighted by Crippen LogP contribution is -2.37. The van der Waals surface area contributed by atoms with Gasteiger partial charge in [0.15, 0.2) is 0 Å². The van der Waals surface area contributed by atoms with Crippen LogP contribution in [-0.4, -0.2) is 64.7 Å². The lowest BCUT2D eigenvalue weighted by molar-refractivity contribution is -0.162. The number of carbonyl (C=O) groups is 3. The molecule has 3 rings (SSSR count). The van der Waals surface area contributed by atoms with E-state index in [2.05, 4.69) is 20.5 Å². The van der Waals surface area contributed by atoms with Gasteiger partial charge in [-0.2, -0.15) is 8.78 Å². The molecular weight excluding hydrogens is 709 g/mol. The zero-order valence-corrected chi connectivity index (χ0v) is 29.4. The Labute approximate surface area is 279 Å². The van der Waals surface area contributed by atoms with Gasteiger partial charge in [-0.1, -0.05) is 40.2 Å². The fourth-order valence-corrected chi connectivity index (χ4v) is 5.68. The first-order chi connectivity index (χ1) is 21.6. The molecule has 47 heavy (non-hydrogen) atoms. The van der Waals surface area contributed by atoms with Gasteiger partial charge in [-0.25, -0.2) is 4.79 Å². The van der Waals surface area contributed by atoms with Crippen LogP contribution < -0.4 is 0 Å². The van der Waals surface area contributed by atoms with E-state index in [1.165, 1.54) is 49.9 Å². The van der Waals surface area contributed by atoms with Crippen molar-refractivity contribution in [1.82, 2.24) is 9.80 Å². The highest BCUT2D eigenvalue weighted by Crippen LogP contribution is 2.64. The van der Waals surface area contributed by atoms with Crippen LogP contribution in [0.2, 0.25) is 0 Å². The van der Waals surface area contributed by atoms with Crippen LogP contribution in [0, 0.1) is 10.8 Å². The maximum atomic E-state index is 15.2. The number of rotatable bonds is 11. The van der Waals surface area contributed by atoms with Gasteiger partial charge in [0, 0.05) is 29.8 Å². The molecule has 1 aliphatic heterocycles. The van der Waals surface area contributed by atoms with Crippen LogP contribution in [0.5, 0.6) is 0 Å². The van der Waals surface area contributed by atoms with Gasteiger partial charge >= 0.3 is 31.2 Å². The standard InChI is InChI=1S/C31H38BrF2N2O10P/c1-29(2,3)26(38)44-17-43-25(37)21-11-9-20(10-12-21)24-16-35(7)28(40)36(24)15-19-8-13-22(23(32)14-19)31(33,34)47(41,42)46-18-45-27(39)30(4,5)6/h8-14,16,28,40H,15,17-18H2,1-7H3,(H,41,42). The number of hydrogen-bond donors (Lipinski definition) is 2. The number of hydrogen-bond acceptors (Lipinski definition) is 11. The first-order valence-corrected chi connectivity index (χ1v) is 16.6. The number of ether oxygens (including phenoxy) is 3. The van der Waals surface area contributed by atoms with E-state index in [-0.39, 0.29) is 16.6 Å². The summed E-state index contributed by atoms with van der Waals surface area (Å²) in [5.74, 6) is -2.03. The van der Waals surface area contributed by atoms with Gasteiger partial charge in [0.25, 0.3) is 0 Å². The van der Waals surface area contributed by atoms with Gasteiger partial charge in [0.1, 0.15) is 0 Å². The number of halogens is 3. The average molecular weight is 748 g/mol. The summed E-state index contributed by atoms with van der Waals surface area (Å²) in [5, 5.41) is 10.9. The molecule has 0 amide bonds. The van der Waals surface area contributed by atoms with Gasteiger partial charge in [0.2, 0.25) is 19.9 Å². The molecule has 16 heteroatoms. The Balaban J connectivity index is 1.71.